The molecule has 9 nitrogen and oxygen atoms in total. The summed E-state index contributed by atoms with van der Waals surface area (Å²) in [5, 5.41) is 4.02. The van der Waals surface area contributed by atoms with Crippen molar-refractivity contribution in [3.63, 3.8) is 0 Å². The van der Waals surface area contributed by atoms with Crippen LogP contribution in [0.4, 0.5) is 22.1 Å². The summed E-state index contributed by atoms with van der Waals surface area (Å²) in [6.45, 7) is 5.46. The minimum absolute atomic E-state index is 0.120. The van der Waals surface area contributed by atoms with Crippen LogP contribution in [0.2, 0.25) is 0 Å². The molecule has 9 heteroatoms. The number of likely N-dealkylation sites (tertiary alicyclic amines) is 1. The molecule has 3 aromatic carbocycles. The zero-order chi connectivity index (χ0) is 29.9. The summed E-state index contributed by atoms with van der Waals surface area (Å²) in [6.07, 6.45) is 2.52. The number of H-pyrrole nitrogens is 1. The summed E-state index contributed by atoms with van der Waals surface area (Å²) in [6, 6.07) is 26.1. The van der Waals surface area contributed by atoms with E-state index in [9.17, 15) is 4.79 Å². The van der Waals surface area contributed by atoms with Crippen molar-refractivity contribution < 1.29 is 4.79 Å². The van der Waals surface area contributed by atoms with E-state index in [0.717, 1.165) is 52.2 Å². The van der Waals surface area contributed by atoms with E-state index >= 15 is 0 Å². The smallest absolute Gasteiger partial charge is 0.322 e. The van der Waals surface area contributed by atoms with E-state index in [2.05, 4.69) is 79.6 Å². The number of piperazine rings is 1. The fraction of sp³-hybridized carbons (Fsp3) is 0.286. The SMILES string of the molecule is Cc1c(NC(=O)N2Cc3ccccc3C2)cccc1-c1nc(N)nc2[nH]c(-c3ccc(N4C5CCC4CN(C)C5)cc3)cc12. The molecule has 5 aromatic rings. The number of nitrogens with one attached hydrogen (secondary N) is 2. The van der Waals surface area contributed by atoms with Crippen LogP contribution in [0.1, 0.15) is 29.5 Å². The molecular weight excluding hydrogens is 548 g/mol. The van der Waals surface area contributed by atoms with Crippen LogP contribution < -0.4 is 16.0 Å². The molecule has 2 atom stereocenters. The molecule has 5 heterocycles. The number of anilines is 3. The highest BCUT2D eigenvalue weighted by Gasteiger charge is 2.38. The second kappa shape index (κ2) is 10.4. The predicted molar refractivity (Wildman–Crippen MR) is 175 cm³/mol. The quantitative estimate of drug-likeness (QED) is 0.239. The first kappa shape index (κ1) is 26.7. The molecule has 0 saturated carbocycles. The van der Waals surface area contributed by atoms with Crippen molar-refractivity contribution in [3.05, 3.63) is 89.5 Å². The summed E-state index contributed by atoms with van der Waals surface area (Å²) in [5.41, 5.74) is 15.9. The standard InChI is InChI=1S/C35H36N8O/c1-21-28(8-5-9-30(21)38-35(44)42-17-23-6-3-4-7-24(23)18-42)32-29-16-31(37-33(29)40-34(36)39-32)22-10-12-25(13-11-22)43-26-14-15-27(43)20-41(2)19-26/h3-13,16,26-27H,14-15,17-20H2,1-2H3,(H,38,44)(H3,36,37,39,40). The maximum atomic E-state index is 13.2. The van der Waals surface area contributed by atoms with Gasteiger partial charge in [-0.25, -0.2) is 9.78 Å². The maximum absolute atomic E-state index is 13.2. The van der Waals surface area contributed by atoms with Crippen molar-refractivity contribution in [1.82, 2.24) is 24.8 Å². The number of aromatic amines is 1. The van der Waals surface area contributed by atoms with Gasteiger partial charge in [0.2, 0.25) is 5.95 Å². The van der Waals surface area contributed by atoms with Crippen LogP contribution >= 0.6 is 0 Å². The summed E-state index contributed by atoms with van der Waals surface area (Å²) in [7, 11) is 2.23. The van der Waals surface area contributed by atoms with Gasteiger partial charge in [-0.1, -0.05) is 48.5 Å². The van der Waals surface area contributed by atoms with Crippen LogP contribution in [0.15, 0.2) is 72.8 Å². The Morgan fingerprint density at radius 1 is 0.932 bits per heavy atom. The van der Waals surface area contributed by atoms with Gasteiger partial charge in [0.1, 0.15) is 5.65 Å². The number of nitrogens with two attached hydrogens (primary N) is 1. The van der Waals surface area contributed by atoms with E-state index < -0.39 is 0 Å². The molecule has 0 aliphatic carbocycles. The lowest BCUT2D eigenvalue weighted by Gasteiger charge is -2.41. The van der Waals surface area contributed by atoms with Crippen LogP contribution in [-0.2, 0) is 13.1 Å². The largest absolute Gasteiger partial charge is 0.368 e. The first-order valence-electron chi connectivity index (χ1n) is 15.4. The van der Waals surface area contributed by atoms with Gasteiger partial charge >= 0.3 is 6.03 Å². The lowest BCUT2D eigenvalue weighted by atomic mass is 10.0. The molecule has 0 radical (unpaired) electrons. The average Bonchev–Trinajstić information content (AvgIpc) is 3.72. The van der Waals surface area contributed by atoms with Gasteiger partial charge in [-0.2, -0.15) is 4.98 Å². The number of carbonyl (C=O) groups is 1. The lowest BCUT2D eigenvalue weighted by molar-refractivity contribution is 0.212. The number of nitrogen functional groups attached to an aromatic ring is 1. The third-order valence-electron chi connectivity index (χ3n) is 9.60. The van der Waals surface area contributed by atoms with Gasteiger partial charge < -0.3 is 30.7 Å². The van der Waals surface area contributed by atoms with Gasteiger partial charge in [0.25, 0.3) is 0 Å². The summed E-state index contributed by atoms with van der Waals surface area (Å²) in [4.78, 5) is 32.8. The molecule has 0 spiro atoms. The Kier molecular flexibility index (Phi) is 6.30. The number of aromatic nitrogens is 3. The van der Waals surface area contributed by atoms with Crippen molar-refractivity contribution in [1.29, 1.82) is 0 Å². The number of rotatable bonds is 4. The monoisotopic (exact) mass is 584 g/mol. The third kappa shape index (κ3) is 4.55. The summed E-state index contributed by atoms with van der Waals surface area (Å²) < 4.78 is 0. The van der Waals surface area contributed by atoms with Crippen LogP contribution in [0.3, 0.4) is 0 Å². The van der Waals surface area contributed by atoms with Gasteiger partial charge in [-0.05, 0) is 73.3 Å². The number of fused-ring (bicyclic) bond motifs is 4. The minimum Gasteiger partial charge on any atom is -0.368 e. The van der Waals surface area contributed by atoms with Crippen molar-refractivity contribution in [3.8, 4) is 22.5 Å². The lowest BCUT2D eigenvalue weighted by Crippen LogP contribution is -2.52. The molecule has 2 saturated heterocycles. The fourth-order valence-corrected chi connectivity index (χ4v) is 7.43. The first-order valence-corrected chi connectivity index (χ1v) is 15.4. The first-order chi connectivity index (χ1) is 21.4. The maximum Gasteiger partial charge on any atom is 0.322 e. The molecule has 2 unspecified atom stereocenters. The summed E-state index contributed by atoms with van der Waals surface area (Å²) >= 11 is 0. The van der Waals surface area contributed by atoms with Gasteiger partial charge in [0, 0.05) is 66.3 Å². The van der Waals surface area contributed by atoms with Gasteiger partial charge in [-0.3, -0.25) is 0 Å². The van der Waals surface area contributed by atoms with Crippen LogP contribution in [0.25, 0.3) is 33.5 Å². The van der Waals surface area contributed by atoms with E-state index in [4.69, 9.17) is 5.73 Å². The molecule has 2 fully saturated rings. The Balaban J connectivity index is 1.08. The normalized spacial score (nSPS) is 19.5. The summed E-state index contributed by atoms with van der Waals surface area (Å²) in [5.74, 6) is 0.199. The van der Waals surface area contributed by atoms with Crippen molar-refractivity contribution in [2.75, 3.05) is 36.1 Å². The number of urea groups is 1. The van der Waals surface area contributed by atoms with Crippen LogP contribution in [-0.4, -0.2) is 63.0 Å². The number of benzene rings is 3. The number of likely N-dealkylation sites (N-methyl/N-ethyl adjacent to an activating group) is 1. The highest BCUT2D eigenvalue weighted by atomic mass is 16.2. The Hall–Kier alpha value is -4.89. The fourth-order valence-electron chi connectivity index (χ4n) is 7.43. The van der Waals surface area contributed by atoms with Gasteiger partial charge in [0.05, 0.1) is 5.69 Å². The minimum atomic E-state index is -0.120. The molecule has 3 aliphatic heterocycles. The molecule has 4 N–H and O–H groups in total. The zero-order valence-electron chi connectivity index (χ0n) is 25.0. The van der Waals surface area contributed by atoms with Crippen LogP contribution in [0.5, 0.6) is 0 Å². The second-order valence-electron chi connectivity index (χ2n) is 12.5. The van der Waals surface area contributed by atoms with E-state index in [1.54, 1.807) is 0 Å². The molecule has 3 aliphatic rings. The Labute approximate surface area is 256 Å². The molecule has 222 valence electrons. The molecular formula is C35H36N8O. The topological polar surface area (TPSA) is 106 Å². The molecule has 2 bridgehead atoms. The van der Waals surface area contributed by atoms with Crippen molar-refractivity contribution >= 4 is 34.4 Å². The number of nitrogens with zero attached hydrogens (tertiary/aromatic N) is 5. The molecule has 44 heavy (non-hydrogen) atoms. The van der Waals surface area contributed by atoms with Gasteiger partial charge in [0.15, 0.2) is 0 Å². The van der Waals surface area contributed by atoms with Crippen molar-refractivity contribution in [2.45, 2.75) is 44.9 Å². The highest BCUT2D eigenvalue weighted by molar-refractivity contribution is 5.98. The predicted octanol–water partition coefficient (Wildman–Crippen LogP) is 6.01. The van der Waals surface area contributed by atoms with Crippen LogP contribution in [0, 0.1) is 6.92 Å². The Bertz CT molecular complexity index is 1860. The van der Waals surface area contributed by atoms with E-state index in [-0.39, 0.29) is 12.0 Å². The second-order valence-corrected chi connectivity index (χ2v) is 12.5. The number of amides is 2. The van der Waals surface area contributed by atoms with Crippen molar-refractivity contribution in [2.24, 2.45) is 0 Å². The highest BCUT2D eigenvalue weighted by Crippen LogP contribution is 2.38. The van der Waals surface area contributed by atoms with E-state index in [0.29, 0.717) is 30.8 Å². The number of hydrogen-bond acceptors (Lipinski definition) is 6. The number of carbonyl (C=O) groups excluding carboxylic acids is 1. The molecule has 2 amide bonds. The third-order valence-corrected chi connectivity index (χ3v) is 9.60. The van der Waals surface area contributed by atoms with E-state index in [1.807, 2.05) is 42.2 Å². The van der Waals surface area contributed by atoms with E-state index in [1.165, 1.54) is 29.7 Å². The number of hydrogen-bond donors (Lipinski definition) is 3. The zero-order valence-corrected chi connectivity index (χ0v) is 25.0. The molecule has 8 rings (SSSR count). The Morgan fingerprint density at radius 3 is 2.34 bits per heavy atom. The van der Waals surface area contributed by atoms with Gasteiger partial charge in [-0.15, -0.1) is 0 Å². The molecule has 2 aromatic heterocycles. The average molecular weight is 585 g/mol. The Morgan fingerprint density at radius 2 is 1.64 bits per heavy atom.